The Kier molecular flexibility index (Phi) is 7.76. The molecule has 124 valence electrons. The van der Waals surface area contributed by atoms with Crippen molar-refractivity contribution in [2.24, 2.45) is 0 Å². The Morgan fingerprint density at radius 3 is 2.82 bits per heavy atom. The zero-order valence-electron chi connectivity index (χ0n) is 12.8. The number of hydrogen-bond donors (Lipinski definition) is 1. The second kappa shape index (κ2) is 9.06. The van der Waals surface area contributed by atoms with Gasteiger partial charge < -0.3 is 10.2 Å². The minimum absolute atomic E-state index is 0. The molecular weight excluding hydrogens is 310 g/mol. The Balaban J connectivity index is 0.00000242. The van der Waals surface area contributed by atoms with Gasteiger partial charge in [0.15, 0.2) is 11.6 Å². The number of rotatable bonds is 6. The number of aryl methyl sites for hydroxylation is 1. The number of halogens is 3. The Morgan fingerprint density at radius 2 is 2.14 bits per heavy atom. The van der Waals surface area contributed by atoms with E-state index >= 15 is 0 Å². The molecular formula is C16H23ClF2N2O. The molecule has 1 amide bonds. The number of likely N-dealkylation sites (N-methyl/N-ethyl adjacent to an activating group) is 1. The summed E-state index contributed by atoms with van der Waals surface area (Å²) in [7, 11) is 1.89. The van der Waals surface area contributed by atoms with Crippen LogP contribution in [0.2, 0.25) is 0 Å². The van der Waals surface area contributed by atoms with Crippen LogP contribution in [0.5, 0.6) is 0 Å². The fraction of sp³-hybridized carbons (Fsp3) is 0.562. The van der Waals surface area contributed by atoms with Crippen molar-refractivity contribution in [1.82, 2.24) is 10.2 Å². The van der Waals surface area contributed by atoms with E-state index in [0.717, 1.165) is 37.6 Å². The molecule has 1 aliphatic heterocycles. The molecule has 1 atom stereocenters. The van der Waals surface area contributed by atoms with Gasteiger partial charge in [0.2, 0.25) is 5.91 Å². The van der Waals surface area contributed by atoms with Crippen LogP contribution in [0.25, 0.3) is 0 Å². The smallest absolute Gasteiger partial charge is 0.222 e. The summed E-state index contributed by atoms with van der Waals surface area (Å²) in [4.78, 5) is 14.2. The van der Waals surface area contributed by atoms with E-state index in [0.29, 0.717) is 25.3 Å². The van der Waals surface area contributed by atoms with E-state index < -0.39 is 11.6 Å². The lowest BCUT2D eigenvalue weighted by atomic mass is 10.1. The molecule has 0 saturated carbocycles. The molecule has 1 aliphatic rings. The number of benzene rings is 1. The normalized spacial score (nSPS) is 17.4. The molecule has 0 aromatic heterocycles. The summed E-state index contributed by atoms with van der Waals surface area (Å²) in [6.07, 6.45) is 3.82. The van der Waals surface area contributed by atoms with Crippen LogP contribution in [0, 0.1) is 11.6 Å². The lowest BCUT2D eigenvalue weighted by Crippen LogP contribution is -2.40. The van der Waals surface area contributed by atoms with Crippen LogP contribution in [0.1, 0.15) is 31.2 Å². The van der Waals surface area contributed by atoms with Gasteiger partial charge in [-0.15, -0.1) is 12.4 Å². The number of nitrogens with one attached hydrogen (secondary N) is 1. The molecule has 0 bridgehead atoms. The first-order valence-corrected chi connectivity index (χ1v) is 7.50. The molecule has 3 nitrogen and oxygen atoms in total. The topological polar surface area (TPSA) is 32.3 Å². The molecule has 1 N–H and O–H groups in total. The van der Waals surface area contributed by atoms with Crippen LogP contribution in [-0.2, 0) is 11.2 Å². The second-order valence-electron chi connectivity index (χ2n) is 5.54. The third kappa shape index (κ3) is 4.92. The van der Waals surface area contributed by atoms with Gasteiger partial charge in [0, 0.05) is 25.6 Å². The van der Waals surface area contributed by atoms with Gasteiger partial charge in [-0.05, 0) is 50.4 Å². The third-order valence-corrected chi connectivity index (χ3v) is 3.98. The van der Waals surface area contributed by atoms with E-state index in [2.05, 4.69) is 5.32 Å². The maximum absolute atomic E-state index is 13.1. The molecule has 2 rings (SSSR count). The lowest BCUT2D eigenvalue weighted by molar-refractivity contribution is -0.132. The van der Waals surface area contributed by atoms with Gasteiger partial charge in [-0.1, -0.05) is 6.07 Å². The van der Waals surface area contributed by atoms with Gasteiger partial charge in [-0.2, -0.15) is 0 Å². The molecule has 1 fully saturated rings. The highest BCUT2D eigenvalue weighted by molar-refractivity contribution is 5.85. The SMILES string of the molecule is CNCC1CCCN1C(=O)CCCc1ccc(F)c(F)c1.Cl. The van der Waals surface area contributed by atoms with Gasteiger partial charge >= 0.3 is 0 Å². The first-order valence-electron chi connectivity index (χ1n) is 7.50. The van der Waals surface area contributed by atoms with Crippen LogP contribution in [-0.4, -0.2) is 37.0 Å². The molecule has 0 aliphatic carbocycles. The van der Waals surface area contributed by atoms with Crippen LogP contribution in [0.3, 0.4) is 0 Å². The average molecular weight is 333 g/mol. The molecule has 1 aromatic rings. The zero-order chi connectivity index (χ0) is 15.2. The van der Waals surface area contributed by atoms with Crippen molar-refractivity contribution in [3.63, 3.8) is 0 Å². The fourth-order valence-corrected chi connectivity index (χ4v) is 2.89. The average Bonchev–Trinajstić information content (AvgIpc) is 2.91. The summed E-state index contributed by atoms with van der Waals surface area (Å²) in [5.74, 6) is -1.50. The predicted molar refractivity (Wildman–Crippen MR) is 85.2 cm³/mol. The highest BCUT2D eigenvalue weighted by atomic mass is 35.5. The van der Waals surface area contributed by atoms with Crippen molar-refractivity contribution in [2.45, 2.75) is 38.1 Å². The lowest BCUT2D eigenvalue weighted by Gasteiger charge is -2.24. The monoisotopic (exact) mass is 332 g/mol. The van der Waals surface area contributed by atoms with Gasteiger partial charge in [-0.3, -0.25) is 4.79 Å². The van der Waals surface area contributed by atoms with Crippen molar-refractivity contribution < 1.29 is 13.6 Å². The Morgan fingerprint density at radius 1 is 1.36 bits per heavy atom. The molecule has 0 radical (unpaired) electrons. The maximum atomic E-state index is 13.1. The molecule has 6 heteroatoms. The minimum Gasteiger partial charge on any atom is -0.338 e. The van der Waals surface area contributed by atoms with Crippen LogP contribution in [0.15, 0.2) is 18.2 Å². The van der Waals surface area contributed by atoms with E-state index in [1.807, 2.05) is 11.9 Å². The van der Waals surface area contributed by atoms with E-state index in [1.54, 1.807) is 6.07 Å². The summed E-state index contributed by atoms with van der Waals surface area (Å²) in [6, 6.07) is 4.21. The second-order valence-corrected chi connectivity index (χ2v) is 5.54. The largest absolute Gasteiger partial charge is 0.338 e. The van der Waals surface area contributed by atoms with Crippen molar-refractivity contribution in [3.8, 4) is 0 Å². The fourth-order valence-electron chi connectivity index (χ4n) is 2.89. The number of nitrogens with zero attached hydrogens (tertiary/aromatic N) is 1. The van der Waals surface area contributed by atoms with Gasteiger partial charge in [-0.25, -0.2) is 8.78 Å². The van der Waals surface area contributed by atoms with Crippen LogP contribution in [0.4, 0.5) is 8.78 Å². The molecule has 0 spiro atoms. The van der Waals surface area contributed by atoms with Crippen molar-refractivity contribution in [2.75, 3.05) is 20.1 Å². The molecule has 1 aromatic carbocycles. The summed E-state index contributed by atoms with van der Waals surface area (Å²) in [6.45, 7) is 1.66. The predicted octanol–water partition coefficient (Wildman–Crippen LogP) is 2.92. The van der Waals surface area contributed by atoms with Gasteiger partial charge in [0.1, 0.15) is 0 Å². The summed E-state index contributed by atoms with van der Waals surface area (Å²) in [5, 5.41) is 3.12. The van der Waals surface area contributed by atoms with E-state index in [4.69, 9.17) is 0 Å². The summed E-state index contributed by atoms with van der Waals surface area (Å²) in [5.41, 5.74) is 0.731. The maximum Gasteiger partial charge on any atom is 0.222 e. The third-order valence-electron chi connectivity index (χ3n) is 3.98. The van der Waals surface area contributed by atoms with Gasteiger partial charge in [0.25, 0.3) is 0 Å². The van der Waals surface area contributed by atoms with E-state index in [-0.39, 0.29) is 18.3 Å². The van der Waals surface area contributed by atoms with Crippen LogP contribution >= 0.6 is 12.4 Å². The molecule has 1 heterocycles. The Labute approximate surface area is 136 Å². The number of hydrogen-bond acceptors (Lipinski definition) is 2. The standard InChI is InChI=1S/C16H22F2N2O.ClH/c1-19-11-13-5-3-9-20(13)16(21)6-2-4-12-7-8-14(17)15(18)10-12;/h7-8,10,13,19H,2-6,9,11H2,1H3;1H. The highest BCUT2D eigenvalue weighted by Crippen LogP contribution is 2.19. The quantitative estimate of drug-likeness (QED) is 0.868. The first kappa shape index (κ1) is 18.8. The Bertz CT molecular complexity index is 499. The minimum atomic E-state index is -0.832. The molecule has 1 saturated heterocycles. The van der Waals surface area contributed by atoms with E-state index in [1.165, 1.54) is 6.07 Å². The number of likely N-dealkylation sites (tertiary alicyclic amines) is 1. The Hall–Kier alpha value is -1.20. The number of carbonyl (C=O) groups is 1. The molecule has 22 heavy (non-hydrogen) atoms. The van der Waals surface area contributed by atoms with Crippen molar-refractivity contribution >= 4 is 18.3 Å². The van der Waals surface area contributed by atoms with Crippen molar-refractivity contribution in [1.29, 1.82) is 0 Å². The highest BCUT2D eigenvalue weighted by Gasteiger charge is 2.27. The number of carbonyl (C=O) groups excluding carboxylic acids is 1. The summed E-state index contributed by atoms with van der Waals surface area (Å²) < 4.78 is 25.9. The van der Waals surface area contributed by atoms with Crippen LogP contribution < -0.4 is 5.32 Å². The van der Waals surface area contributed by atoms with Gasteiger partial charge in [0.05, 0.1) is 0 Å². The first-order chi connectivity index (χ1) is 10.1. The van der Waals surface area contributed by atoms with E-state index in [9.17, 15) is 13.6 Å². The van der Waals surface area contributed by atoms with Crippen molar-refractivity contribution in [3.05, 3.63) is 35.4 Å². The molecule has 1 unspecified atom stereocenters. The number of amides is 1. The summed E-state index contributed by atoms with van der Waals surface area (Å²) >= 11 is 0. The zero-order valence-corrected chi connectivity index (χ0v) is 13.6.